The number of hydrogen-bond acceptors (Lipinski definition) is 7. The van der Waals surface area contributed by atoms with E-state index in [0.717, 1.165) is 21.1 Å². The minimum Gasteiger partial charge on any atom is -0.317 e. The molecule has 2 aromatic carbocycles. The molecular formula is C33H30F2N8O3S. The van der Waals surface area contributed by atoms with Crippen LogP contribution in [0.4, 0.5) is 14.5 Å². The van der Waals surface area contributed by atoms with Gasteiger partial charge in [0.1, 0.15) is 6.54 Å². The fourth-order valence-electron chi connectivity index (χ4n) is 7.32. The molecule has 4 aromatic heterocycles. The molecule has 14 heteroatoms. The van der Waals surface area contributed by atoms with Gasteiger partial charge in [0.15, 0.2) is 5.65 Å². The van der Waals surface area contributed by atoms with Gasteiger partial charge in [0, 0.05) is 47.8 Å². The molecule has 0 radical (unpaired) electrons. The molecule has 8 rings (SSSR count). The van der Waals surface area contributed by atoms with Gasteiger partial charge in [-0.3, -0.25) is 14.2 Å². The van der Waals surface area contributed by atoms with Crippen LogP contribution in [0, 0.1) is 0 Å². The van der Waals surface area contributed by atoms with E-state index in [4.69, 9.17) is 4.98 Å². The third kappa shape index (κ3) is 4.27. The van der Waals surface area contributed by atoms with Gasteiger partial charge in [-0.1, -0.05) is 24.3 Å². The van der Waals surface area contributed by atoms with Crippen molar-refractivity contribution in [2.45, 2.75) is 36.1 Å². The fraction of sp³-hybridized carbons (Fsp3) is 0.273. The van der Waals surface area contributed by atoms with E-state index >= 15 is 0 Å². The van der Waals surface area contributed by atoms with Crippen molar-refractivity contribution in [3.8, 4) is 22.4 Å². The van der Waals surface area contributed by atoms with Crippen molar-refractivity contribution in [3.05, 3.63) is 78.9 Å². The molecule has 0 unspecified atom stereocenters. The Morgan fingerprint density at radius 2 is 1.74 bits per heavy atom. The maximum absolute atomic E-state index is 14.8. The van der Waals surface area contributed by atoms with Gasteiger partial charge in [-0.25, -0.2) is 26.2 Å². The molecule has 0 aliphatic carbocycles. The number of carbonyl (C=O) groups excluding carboxylic acids is 1. The SMILES string of the molecule is CN1C(=O)C2(CCNCC2)c2c1cnc1c2c(-c2ccc3c(cnn3C)c2)c(-c2cnn(CC(F)F)c2)n1S(=O)(=O)c1ccccc1. The lowest BCUT2D eigenvalue weighted by Crippen LogP contribution is -2.46. The monoisotopic (exact) mass is 656 g/mol. The van der Waals surface area contributed by atoms with Crippen LogP contribution < -0.4 is 10.2 Å². The summed E-state index contributed by atoms with van der Waals surface area (Å²) in [4.78, 5) is 20.6. The summed E-state index contributed by atoms with van der Waals surface area (Å²) in [5.74, 6) is -0.0677. The maximum Gasteiger partial charge on any atom is 0.269 e. The smallest absolute Gasteiger partial charge is 0.269 e. The summed E-state index contributed by atoms with van der Waals surface area (Å²) in [6.07, 6.45) is 4.50. The van der Waals surface area contributed by atoms with Crippen molar-refractivity contribution in [2.24, 2.45) is 7.05 Å². The largest absolute Gasteiger partial charge is 0.317 e. The summed E-state index contributed by atoms with van der Waals surface area (Å²) in [6.45, 7) is 0.553. The summed E-state index contributed by atoms with van der Waals surface area (Å²) >= 11 is 0. The van der Waals surface area contributed by atoms with Crippen molar-refractivity contribution >= 4 is 43.6 Å². The second-order valence-electron chi connectivity index (χ2n) is 12.1. The second kappa shape index (κ2) is 10.5. The van der Waals surface area contributed by atoms with E-state index < -0.39 is 28.4 Å². The number of rotatable bonds is 6. The lowest BCUT2D eigenvalue weighted by Gasteiger charge is -2.33. The summed E-state index contributed by atoms with van der Waals surface area (Å²) in [6, 6.07) is 13.7. The van der Waals surface area contributed by atoms with E-state index in [-0.39, 0.29) is 22.1 Å². The van der Waals surface area contributed by atoms with Crippen LogP contribution >= 0.6 is 0 Å². The van der Waals surface area contributed by atoms with Gasteiger partial charge in [-0.2, -0.15) is 10.2 Å². The van der Waals surface area contributed by atoms with Crippen molar-refractivity contribution in [1.29, 1.82) is 0 Å². The standard InChI is InChI=1S/C33H30F2N8O3S/c1-40-25-17-37-31-28(29(25)33(32(40)44)10-12-36-13-11-33)27(20-8-9-24-21(14-20)15-38-41(24)2)30(22-16-39-42(18-22)19-26(34)35)43(31)47(45,46)23-6-4-3-5-7-23/h3-9,14-18,26,36H,10-13,19H2,1-2H3. The number of nitrogens with one attached hydrogen (secondary N) is 1. The minimum absolute atomic E-state index is 0.0273. The Bertz CT molecular complexity index is 2320. The van der Waals surface area contributed by atoms with Crippen LogP contribution in [0.5, 0.6) is 0 Å². The molecule has 1 amide bonds. The number of amides is 1. The van der Waals surface area contributed by atoms with Gasteiger partial charge in [0.2, 0.25) is 5.91 Å². The number of aromatic nitrogens is 6. The van der Waals surface area contributed by atoms with Gasteiger partial charge in [0.25, 0.3) is 16.4 Å². The highest BCUT2D eigenvalue weighted by atomic mass is 32.2. The molecule has 1 N–H and O–H groups in total. The van der Waals surface area contributed by atoms with E-state index in [1.54, 1.807) is 47.2 Å². The van der Waals surface area contributed by atoms with Gasteiger partial charge >= 0.3 is 0 Å². The molecule has 0 bridgehead atoms. The number of hydrogen-bond donors (Lipinski definition) is 1. The molecule has 6 aromatic rings. The average Bonchev–Trinajstić information content (AvgIpc) is 3.82. The number of carbonyl (C=O) groups is 1. The number of alkyl halides is 2. The third-order valence-corrected chi connectivity index (χ3v) is 11.2. The first-order chi connectivity index (χ1) is 22.6. The first-order valence-corrected chi connectivity index (χ1v) is 16.7. The first-order valence-electron chi connectivity index (χ1n) is 15.2. The molecule has 2 aliphatic rings. The predicted octanol–water partition coefficient (Wildman–Crippen LogP) is 4.55. The molecule has 240 valence electrons. The number of nitrogens with zero attached hydrogens (tertiary/aromatic N) is 7. The number of pyridine rings is 1. The molecule has 1 saturated heterocycles. The minimum atomic E-state index is -4.33. The van der Waals surface area contributed by atoms with Crippen LogP contribution in [0.3, 0.4) is 0 Å². The lowest BCUT2D eigenvalue weighted by atomic mass is 9.72. The summed E-state index contributed by atoms with van der Waals surface area (Å²) in [5.41, 5.74) is 3.16. The quantitative estimate of drug-likeness (QED) is 0.279. The van der Waals surface area contributed by atoms with Crippen LogP contribution in [0.25, 0.3) is 44.3 Å². The van der Waals surface area contributed by atoms with Crippen molar-refractivity contribution < 1.29 is 22.0 Å². The molecule has 0 saturated carbocycles. The van der Waals surface area contributed by atoms with Crippen LogP contribution in [0.1, 0.15) is 18.4 Å². The first kappa shape index (κ1) is 29.5. The zero-order valence-corrected chi connectivity index (χ0v) is 26.4. The molecule has 6 heterocycles. The zero-order valence-electron chi connectivity index (χ0n) is 25.6. The number of anilines is 1. The number of halogens is 2. The molecule has 47 heavy (non-hydrogen) atoms. The molecule has 1 fully saturated rings. The summed E-state index contributed by atoms with van der Waals surface area (Å²) in [5, 5.41) is 13.3. The zero-order chi connectivity index (χ0) is 32.7. The molecular weight excluding hydrogens is 626 g/mol. The van der Waals surface area contributed by atoms with E-state index in [2.05, 4.69) is 15.5 Å². The fourth-order valence-corrected chi connectivity index (χ4v) is 8.84. The summed E-state index contributed by atoms with van der Waals surface area (Å²) < 4.78 is 60.5. The number of fused-ring (bicyclic) bond motifs is 5. The van der Waals surface area contributed by atoms with Crippen LogP contribution in [0.15, 0.2) is 78.2 Å². The number of aryl methyl sites for hydroxylation is 1. The van der Waals surface area contributed by atoms with E-state index in [1.165, 1.54) is 28.5 Å². The molecule has 11 nitrogen and oxygen atoms in total. The number of benzene rings is 2. The average molecular weight is 657 g/mol. The number of likely N-dealkylation sites (N-methyl/N-ethyl adjacent to an activating group) is 1. The normalized spacial score (nSPS) is 16.3. The van der Waals surface area contributed by atoms with Crippen LogP contribution in [0.2, 0.25) is 0 Å². The van der Waals surface area contributed by atoms with Gasteiger partial charge in [-0.05, 0) is 55.8 Å². The highest BCUT2D eigenvalue weighted by Gasteiger charge is 2.52. The second-order valence-corrected chi connectivity index (χ2v) is 13.9. The van der Waals surface area contributed by atoms with Crippen molar-refractivity contribution in [1.82, 2.24) is 33.8 Å². The predicted molar refractivity (Wildman–Crippen MR) is 173 cm³/mol. The van der Waals surface area contributed by atoms with Crippen molar-refractivity contribution in [2.75, 3.05) is 25.0 Å². The third-order valence-electron chi connectivity index (χ3n) is 9.48. The Balaban J connectivity index is 1.57. The lowest BCUT2D eigenvalue weighted by molar-refractivity contribution is -0.123. The topological polar surface area (TPSA) is 120 Å². The highest BCUT2D eigenvalue weighted by Crippen LogP contribution is 2.54. The Kier molecular flexibility index (Phi) is 6.60. The Labute approximate surface area is 268 Å². The highest BCUT2D eigenvalue weighted by molar-refractivity contribution is 7.90. The Hall–Kier alpha value is -4.95. The van der Waals surface area contributed by atoms with E-state index in [9.17, 15) is 22.0 Å². The Morgan fingerprint density at radius 1 is 0.979 bits per heavy atom. The van der Waals surface area contributed by atoms with Crippen LogP contribution in [-0.4, -0.2) is 69.4 Å². The Morgan fingerprint density at radius 3 is 2.49 bits per heavy atom. The van der Waals surface area contributed by atoms with Crippen LogP contribution in [-0.2, 0) is 33.8 Å². The maximum atomic E-state index is 14.8. The number of piperidine rings is 1. The van der Waals surface area contributed by atoms with Gasteiger partial charge < -0.3 is 10.2 Å². The summed E-state index contributed by atoms with van der Waals surface area (Å²) in [7, 11) is -0.771. The van der Waals surface area contributed by atoms with Gasteiger partial charge in [-0.15, -0.1) is 0 Å². The molecule has 0 atom stereocenters. The van der Waals surface area contributed by atoms with Gasteiger partial charge in [0.05, 0.1) is 45.8 Å². The molecule has 1 spiro atoms. The van der Waals surface area contributed by atoms with E-state index in [0.29, 0.717) is 53.7 Å². The molecule has 2 aliphatic heterocycles. The van der Waals surface area contributed by atoms with E-state index in [1.807, 2.05) is 25.2 Å². The van der Waals surface area contributed by atoms with Crippen molar-refractivity contribution in [3.63, 3.8) is 0 Å².